The van der Waals surface area contributed by atoms with Crippen molar-refractivity contribution in [3.63, 3.8) is 0 Å². The van der Waals surface area contributed by atoms with Crippen molar-refractivity contribution in [1.82, 2.24) is 13.7 Å². The molecule has 5 nitrogen and oxygen atoms in total. The van der Waals surface area contributed by atoms with Gasteiger partial charge in [-0.15, -0.1) is 0 Å². The average molecular weight is 571 g/mol. The number of hydrogen-bond acceptors (Lipinski definition) is 4. The van der Waals surface area contributed by atoms with Crippen LogP contribution >= 0.6 is 0 Å². The van der Waals surface area contributed by atoms with Gasteiger partial charge in [0.15, 0.2) is 0 Å². The Morgan fingerprint density at radius 3 is 2.88 bits per heavy atom. The smallest absolute Gasteiger partial charge is 0.00414 e. The second-order valence-corrected chi connectivity index (χ2v) is 13.1. The second kappa shape index (κ2) is 10.8. The van der Waals surface area contributed by atoms with Gasteiger partial charge in [-0.3, -0.25) is 4.99 Å². The van der Waals surface area contributed by atoms with Crippen LogP contribution in [0.15, 0.2) is 47.1 Å². The summed E-state index contributed by atoms with van der Waals surface area (Å²) in [5.74, 6) is 1.38. The van der Waals surface area contributed by atoms with E-state index in [9.17, 15) is 4.39 Å². The van der Waals surface area contributed by atoms with Crippen LogP contribution in [-0.4, -0.2) is 37.8 Å². The normalized spacial score (nSPS) is 21.5. The fourth-order valence-corrected chi connectivity index (χ4v) is 7.21. The van der Waals surface area contributed by atoms with E-state index in [1.807, 2.05) is 19.1 Å². The molecule has 2 atom stereocenters. The minimum atomic E-state index is -0.613. The third kappa shape index (κ3) is 5.66. The number of anilines is 2. The van der Waals surface area contributed by atoms with Crippen LogP contribution in [-0.2, 0) is 6.54 Å². The van der Waals surface area contributed by atoms with Crippen molar-refractivity contribution in [3.8, 4) is 0 Å². The van der Waals surface area contributed by atoms with Crippen molar-refractivity contribution < 1.29 is 4.39 Å². The van der Waals surface area contributed by atoms with E-state index in [2.05, 4.69) is 71.0 Å². The van der Waals surface area contributed by atoms with Crippen molar-refractivity contribution in [2.45, 2.75) is 72.8 Å². The summed E-state index contributed by atoms with van der Waals surface area (Å²) in [5.41, 5.74) is 4.78. The van der Waals surface area contributed by atoms with E-state index in [-0.39, 0.29) is 11.2 Å². The zero-order valence-corrected chi connectivity index (χ0v) is 23.4. The SMILES string of the molecule is C\C=C/C(=N/C(=C/CC)C1CCC(c2cc(Nc3cc[c]4c(c3F)C[NH][Sb]4)n[nH]2)C1)C(C)(C)C. The van der Waals surface area contributed by atoms with Gasteiger partial charge in [0.05, 0.1) is 0 Å². The molecular formula is C27H36FN5Sb. The van der Waals surface area contributed by atoms with Crippen LogP contribution < -0.4 is 12.3 Å². The first-order chi connectivity index (χ1) is 16.3. The summed E-state index contributed by atoms with van der Waals surface area (Å²) in [6, 6.07) is 5.93. The summed E-state index contributed by atoms with van der Waals surface area (Å²) in [4.78, 5) is 5.15. The Kier molecular flexibility index (Phi) is 7.99. The van der Waals surface area contributed by atoms with Crippen LogP contribution in [0.2, 0.25) is 0 Å². The van der Waals surface area contributed by atoms with Gasteiger partial charge in [0, 0.05) is 11.1 Å². The standard InChI is InChI=1S/C27H36FN5.Sb/c1-6-9-21(30-24(10-7-2)27(3,4)5)18-13-14-19(15-18)23-16-25(33-32-23)31-22-12-8-11-20(17-29)26(22)28;/h7-10,12,16,18-19,29H,6,13-15,17H2,1-5H3,(H2,31,32,33);/q-1;+1/b10-7-,21-9+,30-24-;. The number of nitrogens with zero attached hydrogens (tertiary/aromatic N) is 2. The number of benzene rings is 1. The molecule has 2 heterocycles. The zero-order chi connectivity index (χ0) is 24.3. The molecule has 3 N–H and O–H groups in total. The third-order valence-electron chi connectivity index (χ3n) is 6.58. The number of hydrogen-bond donors (Lipinski definition) is 3. The maximum absolute atomic E-state index is 14.9. The summed E-state index contributed by atoms with van der Waals surface area (Å²) < 4.78 is 19.4. The number of aliphatic imine (C=N–C) groups is 1. The molecule has 1 radical (unpaired) electrons. The van der Waals surface area contributed by atoms with Gasteiger partial charge >= 0.3 is 139 Å². The van der Waals surface area contributed by atoms with E-state index < -0.39 is 21.9 Å². The number of halogens is 1. The topological polar surface area (TPSA) is 65.1 Å². The van der Waals surface area contributed by atoms with Crippen LogP contribution in [0.5, 0.6) is 0 Å². The molecule has 1 aliphatic heterocycles. The molecular weight excluding hydrogens is 535 g/mol. The summed E-state index contributed by atoms with van der Waals surface area (Å²) >= 11 is -0.613. The summed E-state index contributed by atoms with van der Waals surface area (Å²) in [7, 11) is 0. The third-order valence-corrected chi connectivity index (χ3v) is 9.37. The molecule has 1 aliphatic carbocycles. The molecule has 1 aromatic carbocycles. The molecule has 7 heteroatoms. The van der Waals surface area contributed by atoms with E-state index in [0.29, 0.717) is 29.9 Å². The van der Waals surface area contributed by atoms with E-state index >= 15 is 0 Å². The Labute approximate surface area is 213 Å². The van der Waals surface area contributed by atoms with E-state index in [4.69, 9.17) is 4.99 Å². The van der Waals surface area contributed by atoms with Gasteiger partial charge < -0.3 is 0 Å². The monoisotopic (exact) mass is 570 g/mol. The number of allylic oxidation sites excluding steroid dienone is 4. The summed E-state index contributed by atoms with van der Waals surface area (Å²) in [6.07, 6.45) is 10.7. The van der Waals surface area contributed by atoms with E-state index in [1.54, 1.807) is 0 Å². The van der Waals surface area contributed by atoms with E-state index in [0.717, 1.165) is 42.7 Å². The first kappa shape index (κ1) is 25.2. The fraction of sp³-hybridized carbons (Fsp3) is 0.481. The van der Waals surface area contributed by atoms with Crippen molar-refractivity contribution >= 4 is 42.6 Å². The Bertz CT molecular complexity index is 1110. The maximum Gasteiger partial charge on any atom is 0.00414 e. The minimum Gasteiger partial charge on any atom is -0.0546 e. The predicted octanol–water partition coefficient (Wildman–Crippen LogP) is 5.88. The van der Waals surface area contributed by atoms with Crippen LogP contribution in [0.4, 0.5) is 15.9 Å². The molecule has 34 heavy (non-hydrogen) atoms. The number of H-pyrrole nitrogens is 1. The molecule has 0 saturated heterocycles. The van der Waals surface area contributed by atoms with Gasteiger partial charge in [-0.25, -0.2) is 0 Å². The largest absolute Gasteiger partial charge is 0.0546 e. The molecule has 4 rings (SSSR count). The minimum absolute atomic E-state index is 0.00650. The second-order valence-electron chi connectivity index (χ2n) is 10.2. The average Bonchev–Trinajstić information content (AvgIpc) is 3.55. The Hall–Kier alpha value is -1.91. The Morgan fingerprint density at radius 2 is 2.15 bits per heavy atom. The molecule has 2 aliphatic rings. The number of aromatic amines is 1. The first-order valence-electron chi connectivity index (χ1n) is 12.3. The van der Waals surface area contributed by atoms with Crippen LogP contribution in [0.25, 0.3) is 0 Å². The molecule has 2 aromatic rings. The first-order valence-corrected chi connectivity index (χ1v) is 14.8. The summed E-state index contributed by atoms with van der Waals surface area (Å²) in [5, 5.41) is 10.8. The Morgan fingerprint density at radius 1 is 1.32 bits per heavy atom. The molecule has 2 unspecified atom stereocenters. The van der Waals surface area contributed by atoms with Crippen LogP contribution in [0, 0.1) is 17.2 Å². The Balaban J connectivity index is 1.47. The van der Waals surface area contributed by atoms with Gasteiger partial charge in [0.2, 0.25) is 0 Å². The molecule has 0 spiro atoms. The zero-order valence-electron chi connectivity index (χ0n) is 20.9. The molecule has 181 valence electrons. The van der Waals surface area contributed by atoms with Crippen LogP contribution in [0.1, 0.15) is 77.5 Å². The van der Waals surface area contributed by atoms with Gasteiger partial charge in [0.1, 0.15) is 0 Å². The number of nitrogens with one attached hydrogen (secondary N) is 3. The van der Waals surface area contributed by atoms with Gasteiger partial charge in [0.25, 0.3) is 0 Å². The van der Waals surface area contributed by atoms with Crippen molar-refractivity contribution in [1.29, 1.82) is 0 Å². The van der Waals surface area contributed by atoms with Crippen molar-refractivity contribution in [2.75, 3.05) is 5.32 Å². The van der Waals surface area contributed by atoms with Crippen molar-refractivity contribution in [2.24, 2.45) is 16.3 Å². The fourth-order valence-electron chi connectivity index (χ4n) is 4.73. The van der Waals surface area contributed by atoms with Gasteiger partial charge in [-0.1, -0.05) is 39.8 Å². The maximum atomic E-state index is 14.9. The molecule has 0 bridgehead atoms. The van der Waals surface area contributed by atoms with E-state index in [1.165, 1.54) is 9.21 Å². The number of aromatic nitrogens is 2. The number of rotatable bonds is 7. The number of fused-ring (bicyclic) bond motifs is 1. The molecule has 1 saturated carbocycles. The molecule has 0 amide bonds. The van der Waals surface area contributed by atoms with Crippen LogP contribution in [0.3, 0.4) is 0 Å². The summed E-state index contributed by atoms with van der Waals surface area (Å²) in [6.45, 7) is 11.5. The van der Waals surface area contributed by atoms with Crippen molar-refractivity contribution in [3.05, 3.63) is 59.2 Å². The molecule has 1 fully saturated rings. The van der Waals surface area contributed by atoms with Gasteiger partial charge in [-0.2, -0.15) is 0 Å². The molecule has 1 aromatic heterocycles. The quantitative estimate of drug-likeness (QED) is 0.288. The van der Waals surface area contributed by atoms with Gasteiger partial charge in [-0.05, 0) is 19.4 Å². The predicted molar refractivity (Wildman–Crippen MR) is 141 cm³/mol.